The lowest BCUT2D eigenvalue weighted by Gasteiger charge is -2.12. The van der Waals surface area contributed by atoms with Gasteiger partial charge >= 0.3 is 6.18 Å². The molecule has 0 aliphatic carbocycles. The maximum Gasteiger partial charge on any atom is 0.417 e. The Morgan fingerprint density at radius 2 is 2.00 bits per heavy atom. The van der Waals surface area contributed by atoms with Crippen LogP contribution in [0.25, 0.3) is 0 Å². The minimum atomic E-state index is -4.61. The SMILES string of the molecule is CCC(C)Nc1cnc(C(=O)Nc2ccc(Cl)c(C(F)(F)F)c2)cn1. The average molecular weight is 373 g/mol. The van der Waals surface area contributed by atoms with Crippen molar-refractivity contribution in [1.29, 1.82) is 0 Å². The third-order valence-electron chi connectivity index (χ3n) is 3.42. The number of rotatable bonds is 5. The standard InChI is InChI=1S/C16H16ClF3N4O/c1-3-9(2)23-14-8-21-13(7-22-14)15(25)24-10-4-5-12(17)11(6-10)16(18,19)20/h4-9H,3H2,1-2H3,(H,22,23)(H,24,25). The van der Waals surface area contributed by atoms with E-state index in [9.17, 15) is 18.0 Å². The monoisotopic (exact) mass is 372 g/mol. The summed E-state index contributed by atoms with van der Waals surface area (Å²) in [5.41, 5.74) is -1.07. The van der Waals surface area contributed by atoms with E-state index in [-0.39, 0.29) is 17.4 Å². The van der Waals surface area contributed by atoms with Crippen molar-refractivity contribution in [3.63, 3.8) is 0 Å². The van der Waals surface area contributed by atoms with Crippen LogP contribution in [0.4, 0.5) is 24.7 Å². The first-order valence-electron chi connectivity index (χ1n) is 7.47. The van der Waals surface area contributed by atoms with E-state index in [1.807, 2.05) is 13.8 Å². The first kappa shape index (κ1) is 19.0. The number of aromatic nitrogens is 2. The quantitative estimate of drug-likeness (QED) is 0.804. The molecule has 1 heterocycles. The van der Waals surface area contributed by atoms with Gasteiger partial charge in [0.15, 0.2) is 0 Å². The van der Waals surface area contributed by atoms with E-state index < -0.39 is 22.7 Å². The van der Waals surface area contributed by atoms with Gasteiger partial charge in [0.2, 0.25) is 0 Å². The van der Waals surface area contributed by atoms with Crippen LogP contribution in [-0.2, 0) is 6.18 Å². The number of hydrogen-bond acceptors (Lipinski definition) is 4. The van der Waals surface area contributed by atoms with Gasteiger partial charge in [-0.2, -0.15) is 13.2 Å². The summed E-state index contributed by atoms with van der Waals surface area (Å²) < 4.78 is 38.5. The van der Waals surface area contributed by atoms with Crippen molar-refractivity contribution in [3.8, 4) is 0 Å². The molecule has 25 heavy (non-hydrogen) atoms. The highest BCUT2D eigenvalue weighted by molar-refractivity contribution is 6.31. The summed E-state index contributed by atoms with van der Waals surface area (Å²) in [4.78, 5) is 20.1. The van der Waals surface area contributed by atoms with Gasteiger partial charge in [0.25, 0.3) is 5.91 Å². The van der Waals surface area contributed by atoms with Crippen molar-refractivity contribution in [2.45, 2.75) is 32.5 Å². The number of carbonyl (C=O) groups is 1. The zero-order chi connectivity index (χ0) is 18.6. The van der Waals surface area contributed by atoms with Crippen molar-refractivity contribution in [2.75, 3.05) is 10.6 Å². The highest BCUT2D eigenvalue weighted by Gasteiger charge is 2.33. The Kier molecular flexibility index (Phi) is 5.84. The second kappa shape index (κ2) is 7.69. The number of nitrogens with one attached hydrogen (secondary N) is 2. The molecule has 5 nitrogen and oxygen atoms in total. The van der Waals surface area contributed by atoms with E-state index in [0.29, 0.717) is 5.82 Å². The highest BCUT2D eigenvalue weighted by atomic mass is 35.5. The molecule has 0 aliphatic heterocycles. The summed E-state index contributed by atoms with van der Waals surface area (Å²) in [6.45, 7) is 3.98. The molecule has 0 saturated carbocycles. The fraction of sp³-hybridized carbons (Fsp3) is 0.312. The molecule has 1 atom stereocenters. The summed E-state index contributed by atoms with van der Waals surface area (Å²) in [7, 11) is 0. The Balaban J connectivity index is 2.12. The van der Waals surface area contributed by atoms with Crippen LogP contribution < -0.4 is 10.6 Å². The van der Waals surface area contributed by atoms with Crippen molar-refractivity contribution in [1.82, 2.24) is 9.97 Å². The van der Waals surface area contributed by atoms with Crippen LogP contribution in [0.3, 0.4) is 0 Å². The molecular weight excluding hydrogens is 357 g/mol. The lowest BCUT2D eigenvalue weighted by atomic mass is 10.2. The maximum absolute atomic E-state index is 12.8. The fourth-order valence-electron chi connectivity index (χ4n) is 1.89. The van der Waals surface area contributed by atoms with E-state index in [4.69, 9.17) is 11.6 Å². The molecule has 2 aromatic rings. The summed E-state index contributed by atoms with van der Waals surface area (Å²) in [5, 5.41) is 5.00. The van der Waals surface area contributed by atoms with Gasteiger partial charge in [-0.1, -0.05) is 18.5 Å². The van der Waals surface area contributed by atoms with Gasteiger partial charge in [0.1, 0.15) is 11.5 Å². The molecule has 0 fully saturated rings. The molecule has 1 amide bonds. The topological polar surface area (TPSA) is 66.9 Å². The molecule has 1 aromatic heterocycles. The third kappa shape index (κ3) is 5.06. The first-order valence-corrected chi connectivity index (χ1v) is 7.85. The summed E-state index contributed by atoms with van der Waals surface area (Å²) >= 11 is 5.54. The molecule has 0 radical (unpaired) electrons. The number of benzene rings is 1. The minimum Gasteiger partial charge on any atom is -0.366 e. The van der Waals surface area contributed by atoms with Gasteiger partial charge in [0, 0.05) is 11.7 Å². The highest BCUT2D eigenvalue weighted by Crippen LogP contribution is 2.36. The van der Waals surface area contributed by atoms with Crippen LogP contribution in [0.15, 0.2) is 30.6 Å². The van der Waals surface area contributed by atoms with Crippen LogP contribution in [-0.4, -0.2) is 21.9 Å². The normalized spacial score (nSPS) is 12.6. The Morgan fingerprint density at radius 3 is 2.56 bits per heavy atom. The molecule has 1 unspecified atom stereocenters. The third-order valence-corrected chi connectivity index (χ3v) is 3.75. The van der Waals surface area contributed by atoms with Gasteiger partial charge < -0.3 is 10.6 Å². The summed E-state index contributed by atoms with van der Waals surface area (Å²) in [6, 6.07) is 3.32. The Bertz CT molecular complexity index is 750. The first-order chi connectivity index (χ1) is 11.7. The molecule has 2 N–H and O–H groups in total. The van der Waals surface area contributed by atoms with Crippen molar-refractivity contribution >= 4 is 29.0 Å². The summed E-state index contributed by atoms with van der Waals surface area (Å²) in [5.74, 6) is -0.158. The molecule has 0 aliphatic rings. The van der Waals surface area contributed by atoms with Crippen molar-refractivity contribution < 1.29 is 18.0 Å². The number of nitrogens with zero attached hydrogens (tertiary/aromatic N) is 2. The molecule has 9 heteroatoms. The van der Waals surface area contributed by atoms with Crippen LogP contribution in [0, 0.1) is 0 Å². The van der Waals surface area contributed by atoms with Crippen molar-refractivity contribution in [2.24, 2.45) is 0 Å². The number of halogens is 4. The van der Waals surface area contributed by atoms with E-state index in [2.05, 4.69) is 20.6 Å². The molecule has 1 aromatic carbocycles. The van der Waals surface area contributed by atoms with Gasteiger partial charge in [0.05, 0.1) is 23.0 Å². The number of anilines is 2. The molecule has 0 bridgehead atoms. The van der Waals surface area contributed by atoms with Crippen LogP contribution in [0.1, 0.15) is 36.3 Å². The second-order valence-corrected chi connectivity index (χ2v) is 5.79. The predicted octanol–water partition coefficient (Wildman–Crippen LogP) is 4.61. The fourth-order valence-corrected chi connectivity index (χ4v) is 2.11. The number of hydrogen-bond donors (Lipinski definition) is 2. The largest absolute Gasteiger partial charge is 0.417 e. The van der Waals surface area contributed by atoms with Gasteiger partial charge in [-0.3, -0.25) is 4.79 Å². The van der Waals surface area contributed by atoms with Gasteiger partial charge in [-0.15, -0.1) is 0 Å². The molecule has 134 valence electrons. The van der Waals surface area contributed by atoms with Crippen LogP contribution in [0.2, 0.25) is 5.02 Å². The molecule has 2 rings (SSSR count). The lowest BCUT2D eigenvalue weighted by Crippen LogP contribution is -2.17. The number of carbonyl (C=O) groups excluding carboxylic acids is 1. The van der Waals surface area contributed by atoms with E-state index in [1.165, 1.54) is 18.5 Å². The zero-order valence-electron chi connectivity index (χ0n) is 13.5. The smallest absolute Gasteiger partial charge is 0.366 e. The number of alkyl halides is 3. The predicted molar refractivity (Wildman–Crippen MR) is 89.8 cm³/mol. The van der Waals surface area contributed by atoms with E-state index >= 15 is 0 Å². The van der Waals surface area contributed by atoms with E-state index in [0.717, 1.165) is 18.6 Å². The van der Waals surface area contributed by atoms with Crippen LogP contribution in [0.5, 0.6) is 0 Å². The average Bonchev–Trinajstić information content (AvgIpc) is 2.56. The molecule has 0 saturated heterocycles. The Labute approximate surface area is 147 Å². The minimum absolute atomic E-state index is 0.0155. The Morgan fingerprint density at radius 1 is 1.28 bits per heavy atom. The van der Waals surface area contributed by atoms with E-state index in [1.54, 1.807) is 0 Å². The van der Waals surface area contributed by atoms with Gasteiger partial charge in [-0.25, -0.2) is 9.97 Å². The maximum atomic E-state index is 12.8. The molecular formula is C16H16ClF3N4O. The Hall–Kier alpha value is -2.35. The van der Waals surface area contributed by atoms with Crippen LogP contribution >= 0.6 is 11.6 Å². The second-order valence-electron chi connectivity index (χ2n) is 5.39. The molecule has 0 spiro atoms. The van der Waals surface area contributed by atoms with Crippen molar-refractivity contribution in [3.05, 3.63) is 46.9 Å². The summed E-state index contributed by atoms with van der Waals surface area (Å²) in [6.07, 6.45) is -1.08. The zero-order valence-corrected chi connectivity index (χ0v) is 14.2. The lowest BCUT2D eigenvalue weighted by molar-refractivity contribution is -0.137. The van der Waals surface area contributed by atoms with Gasteiger partial charge in [-0.05, 0) is 31.5 Å². The number of amides is 1.